The van der Waals surface area contributed by atoms with Gasteiger partial charge in [0.2, 0.25) is 5.91 Å². The molecule has 6 rings (SSSR count). The van der Waals surface area contributed by atoms with E-state index in [0.717, 1.165) is 66.4 Å². The Bertz CT molecular complexity index is 1400. The van der Waals surface area contributed by atoms with Crippen molar-refractivity contribution in [2.75, 3.05) is 43.9 Å². The van der Waals surface area contributed by atoms with Crippen molar-refractivity contribution in [1.82, 2.24) is 19.4 Å². The lowest BCUT2D eigenvalue weighted by atomic mass is 10.0. The summed E-state index contributed by atoms with van der Waals surface area (Å²) in [6, 6.07) is 12.1. The van der Waals surface area contributed by atoms with Crippen molar-refractivity contribution in [3.63, 3.8) is 0 Å². The molecule has 3 aliphatic rings. The molecule has 1 aliphatic carbocycles. The van der Waals surface area contributed by atoms with Crippen LogP contribution in [0.4, 0.5) is 11.4 Å². The Morgan fingerprint density at radius 2 is 1.77 bits per heavy atom. The summed E-state index contributed by atoms with van der Waals surface area (Å²) < 4.78 is 2.09. The summed E-state index contributed by atoms with van der Waals surface area (Å²) in [4.78, 5) is 36.4. The third-order valence-electron chi connectivity index (χ3n) is 8.87. The van der Waals surface area contributed by atoms with E-state index in [4.69, 9.17) is 4.98 Å². The van der Waals surface area contributed by atoms with Gasteiger partial charge in [0.25, 0.3) is 5.91 Å². The number of rotatable bonds is 4. The van der Waals surface area contributed by atoms with Gasteiger partial charge >= 0.3 is 0 Å². The lowest BCUT2D eigenvalue weighted by Gasteiger charge is -2.22. The first-order valence-electron chi connectivity index (χ1n) is 15.1. The number of benzene rings is 2. The molecule has 2 N–H and O–H groups in total. The maximum atomic E-state index is 13.6. The molecule has 2 amide bonds. The fourth-order valence-corrected chi connectivity index (χ4v) is 6.65. The number of nitrogens with one attached hydrogen (secondary N) is 2. The predicted octanol–water partition coefficient (Wildman–Crippen LogP) is 5.76. The quantitative estimate of drug-likeness (QED) is 0.410. The third-order valence-corrected chi connectivity index (χ3v) is 8.87. The zero-order valence-electron chi connectivity index (χ0n) is 24.1. The Balaban J connectivity index is 1.40. The standard InChI is InChI=1S/C32H42N6O2/c1-21(2)29-31(39)35-26-13-12-24(33-23-9-6-4-5-7-10-23)20-25(26)30-34-27-19-22(11-14-28(27)38(29)30)32(40)37-16-8-15-36(3)17-18-37/h11-14,19-21,23,29,33H,4-10,15-18H2,1-3H3,(H,35,39)/t29-/m0/s1. The molecule has 8 nitrogen and oxygen atoms in total. The number of hydrogen-bond donors (Lipinski definition) is 2. The zero-order chi connectivity index (χ0) is 27.8. The normalized spacial score (nSPS) is 20.9. The molecule has 8 heteroatoms. The number of fused-ring (bicyclic) bond motifs is 5. The molecule has 1 atom stereocenters. The second kappa shape index (κ2) is 11.2. The third kappa shape index (κ3) is 5.21. The van der Waals surface area contributed by atoms with Gasteiger partial charge in [0.1, 0.15) is 11.9 Å². The molecular formula is C32H42N6O2. The molecule has 1 saturated heterocycles. The Labute approximate surface area is 237 Å². The van der Waals surface area contributed by atoms with E-state index in [0.29, 0.717) is 11.6 Å². The van der Waals surface area contributed by atoms with Crippen molar-refractivity contribution in [3.05, 3.63) is 42.0 Å². The average Bonchev–Trinajstić information content (AvgIpc) is 3.13. The molecule has 2 aromatic carbocycles. The first-order chi connectivity index (χ1) is 19.4. The van der Waals surface area contributed by atoms with Crippen LogP contribution >= 0.6 is 0 Å². The van der Waals surface area contributed by atoms with E-state index in [1.165, 1.54) is 38.5 Å². The number of carbonyl (C=O) groups excluding carboxylic acids is 2. The topological polar surface area (TPSA) is 82.5 Å². The molecule has 3 aromatic rings. The molecular weight excluding hydrogens is 500 g/mol. The molecule has 3 heterocycles. The van der Waals surface area contributed by atoms with Crippen molar-refractivity contribution in [3.8, 4) is 11.4 Å². The smallest absolute Gasteiger partial charge is 0.253 e. The molecule has 0 radical (unpaired) electrons. The van der Waals surface area contributed by atoms with Gasteiger partial charge in [0.15, 0.2) is 0 Å². The van der Waals surface area contributed by atoms with Crippen LogP contribution < -0.4 is 10.6 Å². The Morgan fingerprint density at radius 1 is 0.975 bits per heavy atom. The maximum Gasteiger partial charge on any atom is 0.253 e. The van der Waals surface area contributed by atoms with Gasteiger partial charge in [0.05, 0.1) is 16.7 Å². The number of amides is 2. The second-order valence-corrected chi connectivity index (χ2v) is 12.2. The number of nitrogens with zero attached hydrogens (tertiary/aromatic N) is 4. The summed E-state index contributed by atoms with van der Waals surface area (Å²) in [5, 5.41) is 6.95. The molecule has 2 aliphatic heterocycles. The van der Waals surface area contributed by atoms with Crippen molar-refractivity contribution in [2.45, 2.75) is 70.9 Å². The predicted molar refractivity (Wildman–Crippen MR) is 161 cm³/mol. The van der Waals surface area contributed by atoms with Gasteiger partial charge in [-0.15, -0.1) is 0 Å². The number of imidazole rings is 1. The van der Waals surface area contributed by atoms with Crippen LogP contribution in [0.25, 0.3) is 22.4 Å². The average molecular weight is 543 g/mol. The summed E-state index contributed by atoms with van der Waals surface area (Å²) >= 11 is 0. The van der Waals surface area contributed by atoms with E-state index in [1.807, 2.05) is 29.2 Å². The van der Waals surface area contributed by atoms with Gasteiger partial charge in [-0.1, -0.05) is 39.5 Å². The first kappa shape index (κ1) is 26.8. The summed E-state index contributed by atoms with van der Waals surface area (Å²) in [7, 11) is 2.11. The molecule has 0 unspecified atom stereocenters. The SMILES string of the molecule is CC(C)[C@H]1C(=O)Nc2ccc(NC3CCCCCC3)cc2-c2nc3cc(C(=O)N4CCCN(C)CC4)ccc3n21. The van der Waals surface area contributed by atoms with Gasteiger partial charge in [-0.2, -0.15) is 0 Å². The fraction of sp³-hybridized carbons (Fsp3) is 0.531. The van der Waals surface area contributed by atoms with Crippen LogP contribution in [0.2, 0.25) is 0 Å². The molecule has 1 saturated carbocycles. The molecule has 0 bridgehead atoms. The van der Waals surface area contributed by atoms with Crippen LogP contribution in [0, 0.1) is 5.92 Å². The summed E-state index contributed by atoms with van der Waals surface area (Å²) in [6.45, 7) is 7.53. The first-order valence-corrected chi connectivity index (χ1v) is 15.1. The van der Waals surface area contributed by atoms with Crippen LogP contribution in [0.15, 0.2) is 36.4 Å². The largest absolute Gasteiger partial charge is 0.382 e. The monoisotopic (exact) mass is 542 g/mol. The Kier molecular flexibility index (Phi) is 7.53. The maximum absolute atomic E-state index is 13.6. The number of likely N-dealkylation sites (N-methyl/N-ethyl adjacent to an activating group) is 1. The van der Waals surface area contributed by atoms with Gasteiger partial charge in [-0.25, -0.2) is 4.98 Å². The number of carbonyl (C=O) groups is 2. The minimum Gasteiger partial charge on any atom is -0.382 e. The van der Waals surface area contributed by atoms with Crippen LogP contribution in [0.1, 0.15) is 75.2 Å². The summed E-state index contributed by atoms with van der Waals surface area (Å²) in [6.07, 6.45) is 8.50. The van der Waals surface area contributed by atoms with Crippen molar-refractivity contribution < 1.29 is 9.59 Å². The van der Waals surface area contributed by atoms with Gasteiger partial charge in [-0.3, -0.25) is 9.59 Å². The minimum absolute atomic E-state index is 0.0346. The van der Waals surface area contributed by atoms with E-state index < -0.39 is 6.04 Å². The van der Waals surface area contributed by atoms with E-state index in [9.17, 15) is 9.59 Å². The Morgan fingerprint density at radius 3 is 2.55 bits per heavy atom. The molecule has 212 valence electrons. The minimum atomic E-state index is -0.409. The van der Waals surface area contributed by atoms with E-state index in [2.05, 4.69) is 53.1 Å². The fourth-order valence-electron chi connectivity index (χ4n) is 6.65. The van der Waals surface area contributed by atoms with Crippen molar-refractivity contribution in [2.24, 2.45) is 5.92 Å². The number of aromatic nitrogens is 2. The second-order valence-electron chi connectivity index (χ2n) is 12.2. The highest BCUT2D eigenvalue weighted by atomic mass is 16.2. The van der Waals surface area contributed by atoms with Gasteiger partial charge < -0.3 is 25.0 Å². The summed E-state index contributed by atoms with van der Waals surface area (Å²) in [5.41, 5.74) is 5.03. The van der Waals surface area contributed by atoms with E-state index in [-0.39, 0.29) is 17.7 Å². The molecule has 0 spiro atoms. The summed E-state index contributed by atoms with van der Waals surface area (Å²) in [5.74, 6) is 0.846. The van der Waals surface area contributed by atoms with Gasteiger partial charge in [-0.05, 0) is 75.2 Å². The van der Waals surface area contributed by atoms with Crippen LogP contribution in [-0.2, 0) is 4.79 Å². The van der Waals surface area contributed by atoms with E-state index in [1.54, 1.807) is 0 Å². The van der Waals surface area contributed by atoms with Crippen LogP contribution in [0.5, 0.6) is 0 Å². The van der Waals surface area contributed by atoms with Crippen molar-refractivity contribution in [1.29, 1.82) is 0 Å². The lowest BCUT2D eigenvalue weighted by Crippen LogP contribution is -2.34. The number of hydrogen-bond acceptors (Lipinski definition) is 5. The zero-order valence-corrected chi connectivity index (χ0v) is 24.1. The van der Waals surface area contributed by atoms with Crippen LogP contribution in [0.3, 0.4) is 0 Å². The van der Waals surface area contributed by atoms with Gasteiger partial charge in [0, 0.05) is 42.5 Å². The highest BCUT2D eigenvalue weighted by Gasteiger charge is 2.34. The highest BCUT2D eigenvalue weighted by Crippen LogP contribution is 2.40. The molecule has 2 fully saturated rings. The van der Waals surface area contributed by atoms with E-state index >= 15 is 0 Å². The Hall–Kier alpha value is -3.39. The molecule has 1 aromatic heterocycles. The number of anilines is 2. The van der Waals surface area contributed by atoms with Crippen molar-refractivity contribution >= 4 is 34.2 Å². The highest BCUT2D eigenvalue weighted by molar-refractivity contribution is 6.03. The lowest BCUT2D eigenvalue weighted by molar-refractivity contribution is -0.120. The molecule has 40 heavy (non-hydrogen) atoms. The van der Waals surface area contributed by atoms with Crippen LogP contribution in [-0.4, -0.2) is 70.4 Å².